The van der Waals surface area contributed by atoms with Crippen LogP contribution in [-0.2, 0) is 4.79 Å². The highest BCUT2D eigenvalue weighted by molar-refractivity contribution is 5.80. The second-order valence-corrected chi connectivity index (χ2v) is 1.98. The number of carbonyl (C=O) groups excluding carboxylic acids is 1. The van der Waals surface area contributed by atoms with E-state index in [1.54, 1.807) is 6.92 Å². The van der Waals surface area contributed by atoms with E-state index in [1.807, 2.05) is 0 Å². The van der Waals surface area contributed by atoms with Crippen LogP contribution in [0, 0.1) is 5.92 Å². The molecule has 4 nitrogen and oxygen atoms in total. The number of carbonyl (C=O) groups is 1. The van der Waals surface area contributed by atoms with Crippen LogP contribution < -0.4 is 16.2 Å². The quantitative estimate of drug-likeness (QED) is 0.312. The lowest BCUT2D eigenvalue weighted by molar-refractivity contribution is -0.306. The molecule has 0 aromatic carbocycles. The third-order valence-electron chi connectivity index (χ3n) is 1.04. The Morgan fingerprint density at radius 2 is 2.33 bits per heavy atom. The predicted octanol–water partition coefficient (Wildman–Crippen LogP) is -3.12. The van der Waals surface area contributed by atoms with Crippen molar-refractivity contribution in [2.75, 3.05) is 0 Å². The third-order valence-corrected chi connectivity index (χ3v) is 1.04. The van der Waals surface area contributed by atoms with Crippen LogP contribution in [0.15, 0.2) is 0 Å². The van der Waals surface area contributed by atoms with Crippen molar-refractivity contribution in [3.05, 3.63) is 0 Å². The largest absolute Gasteiger partial charge is 0.550 e. The zero-order valence-electron chi connectivity index (χ0n) is 5.26. The van der Waals surface area contributed by atoms with Crippen molar-refractivity contribution >= 4 is 11.8 Å². The van der Waals surface area contributed by atoms with Gasteiger partial charge in [-0.15, -0.1) is 0 Å². The summed E-state index contributed by atoms with van der Waals surface area (Å²) >= 11 is 0. The monoisotopic (exact) mass is 130 g/mol. The lowest BCUT2D eigenvalue weighted by Gasteiger charge is -2.04. The SMILES string of the molecule is CC(CC(=O)[O-])C(N)=[NH2+]. The molecule has 0 aliphatic carbocycles. The topological polar surface area (TPSA) is 91.7 Å². The molecule has 0 saturated carbocycles. The van der Waals surface area contributed by atoms with Gasteiger partial charge in [0.25, 0.3) is 0 Å². The van der Waals surface area contributed by atoms with E-state index in [9.17, 15) is 9.90 Å². The van der Waals surface area contributed by atoms with Gasteiger partial charge in [0.2, 0.25) is 5.84 Å². The number of carboxylic acid groups (broad SMARTS) is 1. The third kappa shape index (κ3) is 3.52. The van der Waals surface area contributed by atoms with Crippen molar-refractivity contribution < 1.29 is 15.3 Å². The molecule has 52 valence electrons. The van der Waals surface area contributed by atoms with Gasteiger partial charge >= 0.3 is 0 Å². The molecular weight excluding hydrogens is 120 g/mol. The molecule has 9 heavy (non-hydrogen) atoms. The van der Waals surface area contributed by atoms with Crippen molar-refractivity contribution in [2.24, 2.45) is 11.7 Å². The van der Waals surface area contributed by atoms with E-state index in [0.717, 1.165) is 0 Å². The molecule has 0 rings (SSSR count). The van der Waals surface area contributed by atoms with E-state index in [0.29, 0.717) is 0 Å². The number of nitrogens with two attached hydrogens (primary N) is 2. The molecule has 1 atom stereocenters. The van der Waals surface area contributed by atoms with E-state index < -0.39 is 5.97 Å². The first kappa shape index (κ1) is 7.94. The fourth-order valence-corrected chi connectivity index (χ4v) is 0.368. The molecule has 0 saturated heterocycles. The molecule has 0 radical (unpaired) electrons. The Morgan fingerprint density at radius 3 is 2.44 bits per heavy atom. The van der Waals surface area contributed by atoms with Crippen molar-refractivity contribution in [3.63, 3.8) is 0 Å². The average Bonchev–Trinajstić information content (AvgIpc) is 1.63. The molecule has 1 unspecified atom stereocenters. The Labute approximate surface area is 53.2 Å². The maximum Gasteiger partial charge on any atom is 0.241 e. The van der Waals surface area contributed by atoms with Crippen LogP contribution in [0.25, 0.3) is 0 Å². The van der Waals surface area contributed by atoms with E-state index in [2.05, 4.69) is 0 Å². The van der Waals surface area contributed by atoms with Gasteiger partial charge in [-0.1, -0.05) is 6.92 Å². The molecule has 0 aromatic rings. The molecule has 0 fully saturated rings. The summed E-state index contributed by atoms with van der Waals surface area (Å²) in [7, 11) is 0. The highest BCUT2D eigenvalue weighted by Crippen LogP contribution is 1.95. The Kier molecular flexibility index (Phi) is 2.70. The summed E-state index contributed by atoms with van der Waals surface area (Å²) in [5.74, 6) is -1.29. The lowest BCUT2D eigenvalue weighted by Crippen LogP contribution is -2.50. The van der Waals surface area contributed by atoms with Crippen LogP contribution in [0.3, 0.4) is 0 Å². The molecule has 4 N–H and O–H groups in total. The zero-order chi connectivity index (χ0) is 7.44. The van der Waals surface area contributed by atoms with Gasteiger partial charge in [0.15, 0.2) is 0 Å². The summed E-state index contributed by atoms with van der Waals surface area (Å²) in [5.41, 5.74) is 5.09. The summed E-state index contributed by atoms with van der Waals surface area (Å²) in [6.07, 6.45) is -0.109. The van der Waals surface area contributed by atoms with Crippen molar-refractivity contribution in [2.45, 2.75) is 13.3 Å². The van der Waals surface area contributed by atoms with Crippen LogP contribution in [0.1, 0.15) is 13.3 Å². The van der Waals surface area contributed by atoms with Crippen molar-refractivity contribution in [3.8, 4) is 0 Å². The average molecular weight is 130 g/mol. The molecule has 0 aromatic heterocycles. The lowest BCUT2D eigenvalue weighted by atomic mass is 10.1. The minimum absolute atomic E-state index is 0.109. The first-order chi connectivity index (χ1) is 4.04. The van der Waals surface area contributed by atoms with Crippen LogP contribution in [0.4, 0.5) is 0 Å². The first-order valence-electron chi connectivity index (χ1n) is 2.61. The van der Waals surface area contributed by atoms with Gasteiger partial charge in [0, 0.05) is 12.4 Å². The van der Waals surface area contributed by atoms with Gasteiger partial charge in [0.05, 0.1) is 5.92 Å². The Morgan fingerprint density at radius 1 is 1.89 bits per heavy atom. The molecule has 0 aliphatic rings. The summed E-state index contributed by atoms with van der Waals surface area (Å²) in [6.45, 7) is 1.63. The minimum atomic E-state index is -1.13. The number of hydrogen-bond acceptors (Lipinski definition) is 2. The smallest absolute Gasteiger partial charge is 0.241 e. The maximum absolute atomic E-state index is 9.88. The van der Waals surface area contributed by atoms with Crippen LogP contribution in [0.2, 0.25) is 0 Å². The van der Waals surface area contributed by atoms with Gasteiger partial charge < -0.3 is 9.90 Å². The Balaban J connectivity index is 3.63. The van der Waals surface area contributed by atoms with E-state index in [4.69, 9.17) is 11.1 Å². The zero-order valence-corrected chi connectivity index (χ0v) is 5.26. The number of hydrogen-bond donors (Lipinski definition) is 2. The number of amidine groups is 1. The van der Waals surface area contributed by atoms with E-state index >= 15 is 0 Å². The first-order valence-corrected chi connectivity index (χ1v) is 2.61. The normalized spacial score (nSPS) is 12.6. The summed E-state index contributed by atoms with van der Waals surface area (Å²) in [4.78, 5) is 9.88. The Hall–Kier alpha value is -1.06. The van der Waals surface area contributed by atoms with Gasteiger partial charge in [-0.05, 0) is 0 Å². The number of rotatable bonds is 3. The highest BCUT2D eigenvalue weighted by atomic mass is 16.4. The Bertz CT molecular complexity index is 133. The van der Waals surface area contributed by atoms with Gasteiger partial charge in [-0.3, -0.25) is 11.1 Å². The van der Waals surface area contributed by atoms with E-state index in [1.165, 1.54) is 0 Å². The second-order valence-electron chi connectivity index (χ2n) is 1.98. The minimum Gasteiger partial charge on any atom is -0.550 e. The predicted molar refractivity (Wildman–Crippen MR) is 29.9 cm³/mol. The van der Waals surface area contributed by atoms with Gasteiger partial charge in [-0.25, -0.2) is 0 Å². The van der Waals surface area contributed by atoms with Crippen LogP contribution >= 0.6 is 0 Å². The summed E-state index contributed by atoms with van der Waals surface area (Å²) < 4.78 is 0. The molecule has 0 amide bonds. The summed E-state index contributed by atoms with van der Waals surface area (Å²) in [6, 6.07) is 0. The number of carboxylic acids is 1. The standard InChI is InChI=1S/C5H10N2O2/c1-3(5(6)7)2-4(8)9/h3H,2H2,1H3,(H3,6,7)(H,8,9). The number of aliphatic carboxylic acids is 1. The van der Waals surface area contributed by atoms with Gasteiger partial charge in [-0.2, -0.15) is 0 Å². The summed E-state index contributed by atoms with van der Waals surface area (Å²) in [5, 5.41) is 15.0. The van der Waals surface area contributed by atoms with Crippen LogP contribution in [-0.4, -0.2) is 11.8 Å². The fourth-order valence-electron chi connectivity index (χ4n) is 0.368. The highest BCUT2D eigenvalue weighted by Gasteiger charge is 2.08. The molecule has 4 heteroatoms. The van der Waals surface area contributed by atoms with E-state index in [-0.39, 0.29) is 18.2 Å². The van der Waals surface area contributed by atoms with Gasteiger partial charge in [0.1, 0.15) is 0 Å². The molecule has 0 heterocycles. The molecular formula is C5H10N2O2. The second kappa shape index (κ2) is 3.06. The molecule has 0 bridgehead atoms. The fraction of sp³-hybridized carbons (Fsp3) is 0.600. The van der Waals surface area contributed by atoms with Crippen molar-refractivity contribution in [1.82, 2.24) is 0 Å². The maximum atomic E-state index is 9.88. The van der Waals surface area contributed by atoms with Crippen molar-refractivity contribution in [1.29, 1.82) is 0 Å². The molecule has 0 aliphatic heterocycles. The molecule has 0 spiro atoms. The van der Waals surface area contributed by atoms with Crippen LogP contribution in [0.5, 0.6) is 0 Å².